The Morgan fingerprint density at radius 2 is 1.41 bits per heavy atom. The molecule has 0 aromatic carbocycles. The maximum Gasteiger partial charge on any atom is 0.333 e. The van der Waals surface area contributed by atoms with E-state index in [4.69, 9.17) is 13.3 Å². The van der Waals surface area contributed by atoms with Gasteiger partial charge in [0.25, 0.3) is 0 Å². The van der Waals surface area contributed by atoms with E-state index in [9.17, 15) is 15.0 Å². The van der Waals surface area contributed by atoms with Gasteiger partial charge in [0.15, 0.2) is 16.6 Å². The molecule has 0 aromatic heterocycles. The van der Waals surface area contributed by atoms with Crippen LogP contribution in [0, 0.1) is 0 Å². The standard InChI is InChI=1S/C13H34O5Si3.C6H10O2/c1-19(2,3)17-21(7,18-20(4,5)6)10-8-9-12(15)13(16)11-14;1-4-8-6(7)5(2)3/h12-16H,8-11H2,1-7H3;2,4H2,1,3H3. The minimum Gasteiger partial charge on any atom is -0.463 e. The molecule has 0 bridgehead atoms. The number of carbonyl (C=O) groups is 1. The molecule has 0 saturated carbocycles. The van der Waals surface area contributed by atoms with Crippen LogP contribution >= 0.6 is 0 Å². The normalized spacial score (nSPS) is 14.5. The summed E-state index contributed by atoms with van der Waals surface area (Å²) in [5, 5.41) is 27.9. The maximum absolute atomic E-state index is 10.4. The highest BCUT2D eigenvalue weighted by Crippen LogP contribution is 2.26. The Hall–Kier alpha value is -0.339. The zero-order valence-electron chi connectivity index (χ0n) is 19.9. The van der Waals surface area contributed by atoms with Crippen molar-refractivity contribution in [2.75, 3.05) is 13.2 Å². The van der Waals surface area contributed by atoms with Crippen LogP contribution in [0.4, 0.5) is 0 Å². The summed E-state index contributed by atoms with van der Waals surface area (Å²) in [7, 11) is -5.65. The van der Waals surface area contributed by atoms with Crippen LogP contribution in [0.3, 0.4) is 0 Å². The lowest BCUT2D eigenvalue weighted by molar-refractivity contribution is -0.138. The van der Waals surface area contributed by atoms with Gasteiger partial charge < -0.3 is 28.3 Å². The molecule has 0 aliphatic heterocycles. The van der Waals surface area contributed by atoms with Gasteiger partial charge in [-0.1, -0.05) is 6.58 Å². The van der Waals surface area contributed by atoms with Gasteiger partial charge >= 0.3 is 14.5 Å². The van der Waals surface area contributed by atoms with Crippen molar-refractivity contribution in [2.45, 2.75) is 90.8 Å². The van der Waals surface area contributed by atoms with Crippen LogP contribution in [0.2, 0.25) is 51.9 Å². The van der Waals surface area contributed by atoms with E-state index >= 15 is 0 Å². The van der Waals surface area contributed by atoms with Gasteiger partial charge in [-0.05, 0) is 78.6 Å². The highest BCUT2D eigenvalue weighted by atomic mass is 28.5. The summed E-state index contributed by atoms with van der Waals surface area (Å²) in [6, 6.07) is 0.802. The monoisotopic (exact) mass is 468 g/mol. The summed E-state index contributed by atoms with van der Waals surface area (Å²) in [4.78, 5) is 10.4. The van der Waals surface area contributed by atoms with E-state index in [2.05, 4.69) is 57.1 Å². The van der Waals surface area contributed by atoms with Crippen molar-refractivity contribution in [3.05, 3.63) is 12.2 Å². The van der Waals surface area contributed by atoms with Crippen molar-refractivity contribution in [3.63, 3.8) is 0 Å². The Morgan fingerprint density at radius 3 is 1.69 bits per heavy atom. The summed E-state index contributed by atoms with van der Waals surface area (Å²) in [5.41, 5.74) is 0.451. The number of rotatable bonds is 12. The van der Waals surface area contributed by atoms with Gasteiger partial charge in [0, 0.05) is 5.57 Å². The molecule has 0 fully saturated rings. The molecule has 29 heavy (non-hydrogen) atoms. The summed E-state index contributed by atoms with van der Waals surface area (Å²) in [5.74, 6) is -0.312. The predicted molar refractivity (Wildman–Crippen MR) is 125 cm³/mol. The zero-order chi connectivity index (χ0) is 23.5. The number of aliphatic hydroxyl groups is 3. The lowest BCUT2D eigenvalue weighted by Gasteiger charge is -2.38. The second kappa shape index (κ2) is 13.9. The molecule has 0 aliphatic rings. The van der Waals surface area contributed by atoms with Crippen LogP contribution in [0.15, 0.2) is 12.2 Å². The fourth-order valence-corrected chi connectivity index (χ4v) is 15.2. The molecule has 2 unspecified atom stereocenters. The van der Waals surface area contributed by atoms with Crippen molar-refractivity contribution < 1.29 is 33.1 Å². The molecule has 0 radical (unpaired) electrons. The molecular weight excluding hydrogens is 424 g/mol. The van der Waals surface area contributed by atoms with Crippen molar-refractivity contribution >= 4 is 31.2 Å². The average molecular weight is 469 g/mol. The number of aliphatic hydroxyl groups excluding tert-OH is 3. The highest BCUT2D eigenvalue weighted by molar-refractivity contribution is 6.87. The van der Waals surface area contributed by atoms with Crippen LogP contribution in [0.5, 0.6) is 0 Å². The van der Waals surface area contributed by atoms with Crippen molar-refractivity contribution in [3.8, 4) is 0 Å². The van der Waals surface area contributed by atoms with E-state index in [0.29, 0.717) is 18.6 Å². The third-order valence-electron chi connectivity index (χ3n) is 3.43. The molecule has 0 saturated heterocycles. The van der Waals surface area contributed by atoms with Crippen LogP contribution in [-0.2, 0) is 17.8 Å². The first kappa shape index (κ1) is 30.9. The Balaban J connectivity index is 0. The van der Waals surface area contributed by atoms with Gasteiger partial charge in [-0.15, -0.1) is 0 Å². The van der Waals surface area contributed by atoms with Gasteiger partial charge in [-0.2, -0.15) is 0 Å². The van der Waals surface area contributed by atoms with Crippen molar-refractivity contribution in [1.82, 2.24) is 0 Å². The second-order valence-corrected chi connectivity index (χ2v) is 22.1. The first-order chi connectivity index (χ1) is 13.0. The first-order valence-electron chi connectivity index (χ1n) is 10.2. The quantitative estimate of drug-likeness (QED) is 0.229. The molecule has 3 N–H and O–H groups in total. The fraction of sp³-hybridized carbons (Fsp3) is 0.842. The molecular formula is C19H44O7Si3. The van der Waals surface area contributed by atoms with E-state index in [0.717, 1.165) is 12.5 Å². The Morgan fingerprint density at radius 1 is 0.966 bits per heavy atom. The third kappa shape index (κ3) is 18.2. The van der Waals surface area contributed by atoms with E-state index in [-0.39, 0.29) is 5.97 Å². The maximum atomic E-state index is 10.4. The number of esters is 1. The van der Waals surface area contributed by atoms with Gasteiger partial charge in [0.1, 0.15) is 6.10 Å². The Labute approximate surface area is 180 Å². The van der Waals surface area contributed by atoms with E-state index in [1.165, 1.54) is 0 Å². The summed E-state index contributed by atoms with van der Waals surface area (Å²) >= 11 is 0. The molecule has 174 valence electrons. The first-order valence-corrected chi connectivity index (χ1v) is 19.5. The minimum absolute atomic E-state index is 0.312. The van der Waals surface area contributed by atoms with Gasteiger partial charge in [0.2, 0.25) is 0 Å². The molecule has 0 aliphatic carbocycles. The lowest BCUT2D eigenvalue weighted by Crippen LogP contribution is -2.52. The van der Waals surface area contributed by atoms with E-state index in [1.54, 1.807) is 13.8 Å². The molecule has 10 heteroatoms. The minimum atomic E-state index is -2.26. The molecule has 0 amide bonds. The number of hydrogen-bond donors (Lipinski definition) is 3. The molecule has 0 spiro atoms. The summed E-state index contributed by atoms with van der Waals surface area (Å²) in [6.07, 6.45) is -0.759. The zero-order valence-corrected chi connectivity index (χ0v) is 22.9. The van der Waals surface area contributed by atoms with Gasteiger partial charge in [-0.3, -0.25) is 0 Å². The molecule has 0 heterocycles. The summed E-state index contributed by atoms with van der Waals surface area (Å²) < 4.78 is 17.3. The smallest absolute Gasteiger partial charge is 0.333 e. The number of carbonyl (C=O) groups excluding carboxylic acids is 1. The number of hydrogen-bond acceptors (Lipinski definition) is 7. The predicted octanol–water partition coefficient (Wildman–Crippen LogP) is 3.38. The van der Waals surface area contributed by atoms with Gasteiger partial charge in [-0.25, -0.2) is 4.79 Å². The average Bonchev–Trinajstić information content (AvgIpc) is 2.50. The van der Waals surface area contributed by atoms with Crippen LogP contribution in [-0.4, -0.2) is 71.9 Å². The van der Waals surface area contributed by atoms with E-state index in [1.807, 2.05) is 0 Å². The van der Waals surface area contributed by atoms with Gasteiger partial charge in [0.05, 0.1) is 19.3 Å². The topological polar surface area (TPSA) is 105 Å². The van der Waals surface area contributed by atoms with Crippen molar-refractivity contribution in [2.24, 2.45) is 0 Å². The lowest BCUT2D eigenvalue weighted by atomic mass is 10.1. The fourth-order valence-electron chi connectivity index (χ4n) is 2.62. The SMILES string of the molecule is C=C(C)C(=O)OCC.C[Si](C)(C)O[Si](C)(CCCC(O)C(O)CO)O[Si](C)(C)C. The van der Waals surface area contributed by atoms with Crippen LogP contribution in [0.25, 0.3) is 0 Å². The molecule has 0 rings (SSSR count). The van der Waals surface area contributed by atoms with E-state index < -0.39 is 44.0 Å². The Kier molecular flexibility index (Phi) is 14.7. The van der Waals surface area contributed by atoms with Crippen LogP contribution < -0.4 is 0 Å². The summed E-state index contributed by atoms with van der Waals surface area (Å²) in [6.45, 7) is 21.9. The third-order valence-corrected chi connectivity index (χ3v) is 13.0. The Bertz CT molecular complexity index is 471. The van der Waals surface area contributed by atoms with Crippen molar-refractivity contribution in [1.29, 1.82) is 0 Å². The molecule has 0 aromatic rings. The van der Waals surface area contributed by atoms with Crippen LogP contribution in [0.1, 0.15) is 26.7 Å². The largest absolute Gasteiger partial charge is 0.463 e. The second-order valence-electron chi connectivity index (χ2n) is 9.27. The molecule has 2 atom stereocenters. The highest BCUT2D eigenvalue weighted by Gasteiger charge is 2.39. The number of ether oxygens (including phenoxy) is 1. The molecule has 7 nitrogen and oxygen atoms in total.